The maximum Gasteiger partial charge on any atom is 0.333 e. The number of esters is 2. The molecule has 3 amide bonds. The monoisotopic (exact) mass is 683 g/mol. The average Bonchev–Trinajstić information content (AvgIpc) is 3.01. The van der Waals surface area contributed by atoms with Gasteiger partial charge in [-0.2, -0.15) is 0 Å². The largest absolute Gasteiger partial charge is 0.481 e. The van der Waals surface area contributed by atoms with Gasteiger partial charge in [0.2, 0.25) is 17.7 Å². The fraction of sp³-hybridized carbons (Fsp3) is 0.567. The highest BCUT2D eigenvalue weighted by Gasteiger charge is 2.29. The van der Waals surface area contributed by atoms with Crippen LogP contribution in [0.1, 0.15) is 58.8 Å². The summed E-state index contributed by atoms with van der Waals surface area (Å²) in [6.45, 7) is 8.00. The summed E-state index contributed by atoms with van der Waals surface area (Å²) < 4.78 is 9.59. The molecular formula is C30H45N5O13. The Morgan fingerprint density at radius 1 is 0.771 bits per heavy atom. The molecule has 9 N–H and O–H groups in total. The number of hydrogen-bond acceptors (Lipinski definition) is 13. The van der Waals surface area contributed by atoms with Crippen molar-refractivity contribution < 1.29 is 62.8 Å². The number of ether oxygens (including phenoxy) is 2. The molecule has 268 valence electrons. The third kappa shape index (κ3) is 18.2. The Labute approximate surface area is 277 Å². The summed E-state index contributed by atoms with van der Waals surface area (Å²) in [5, 5.41) is 25.3. The highest BCUT2D eigenvalue weighted by atomic mass is 16.5. The summed E-state index contributed by atoms with van der Waals surface area (Å²) in [6, 6.07) is -4.59. The van der Waals surface area contributed by atoms with Gasteiger partial charge in [-0.05, 0) is 33.2 Å². The number of aliphatic carboxylic acids is 2. The molecule has 0 aromatic carbocycles. The van der Waals surface area contributed by atoms with Crippen molar-refractivity contribution >= 4 is 53.2 Å². The molecule has 0 radical (unpaired) electrons. The van der Waals surface area contributed by atoms with E-state index in [0.717, 1.165) is 0 Å². The molecule has 0 aromatic rings. The molecule has 0 rings (SSSR count). The first kappa shape index (κ1) is 43.0. The molecule has 0 saturated carbocycles. The number of ketones is 2. The van der Waals surface area contributed by atoms with Crippen molar-refractivity contribution in [1.82, 2.24) is 16.0 Å². The van der Waals surface area contributed by atoms with Crippen LogP contribution in [0.4, 0.5) is 0 Å². The van der Waals surface area contributed by atoms with Crippen molar-refractivity contribution in [3.63, 3.8) is 0 Å². The average molecular weight is 684 g/mol. The Hall–Kier alpha value is -4.97. The normalized spacial score (nSPS) is 13.0. The first-order chi connectivity index (χ1) is 22.4. The zero-order chi connectivity index (χ0) is 37.0. The van der Waals surface area contributed by atoms with Crippen molar-refractivity contribution in [2.24, 2.45) is 17.4 Å². The van der Waals surface area contributed by atoms with Gasteiger partial charge in [-0.15, -0.1) is 0 Å². The summed E-state index contributed by atoms with van der Waals surface area (Å²) in [5.41, 5.74) is 11.2. The lowest BCUT2D eigenvalue weighted by Gasteiger charge is -2.20. The van der Waals surface area contributed by atoms with Gasteiger partial charge in [0.15, 0.2) is 17.6 Å². The van der Waals surface area contributed by atoms with E-state index in [2.05, 4.69) is 29.1 Å². The van der Waals surface area contributed by atoms with Crippen LogP contribution >= 0.6 is 0 Å². The van der Waals surface area contributed by atoms with Crippen LogP contribution in [0.15, 0.2) is 24.3 Å². The van der Waals surface area contributed by atoms with Crippen LogP contribution in [0.3, 0.4) is 0 Å². The van der Waals surface area contributed by atoms with Crippen LogP contribution in [0, 0.1) is 5.92 Å². The van der Waals surface area contributed by atoms with E-state index in [0.29, 0.717) is 19.4 Å². The minimum Gasteiger partial charge on any atom is -0.481 e. The lowest BCUT2D eigenvalue weighted by molar-refractivity contribution is -0.149. The first-order valence-corrected chi connectivity index (χ1v) is 14.9. The summed E-state index contributed by atoms with van der Waals surface area (Å²) in [5.74, 6) is -9.54. The number of rotatable bonds is 25. The van der Waals surface area contributed by atoms with Gasteiger partial charge >= 0.3 is 23.9 Å². The number of carboxylic acids is 2. The lowest BCUT2D eigenvalue weighted by Crippen LogP contribution is -2.51. The molecule has 18 nitrogen and oxygen atoms in total. The molecule has 0 aromatic heterocycles. The SMILES string of the molecule is C=C(C)C(=O)OC[C@H](NC(=O)[C@H](CCCCN)CC(=O)CNC(=O)CCC(=O)[C@H](CC(=O)O)NC(=O)[C@@H](N)COC(=O)C(=C)C)C(=O)O. The molecule has 0 aliphatic rings. The molecule has 18 heteroatoms. The third-order valence-electron chi connectivity index (χ3n) is 6.44. The van der Waals surface area contributed by atoms with Crippen LogP contribution in [-0.2, 0) is 52.6 Å². The second kappa shape index (κ2) is 22.5. The van der Waals surface area contributed by atoms with Crippen molar-refractivity contribution in [2.75, 3.05) is 26.3 Å². The van der Waals surface area contributed by atoms with E-state index >= 15 is 0 Å². The minimum atomic E-state index is -1.60. The van der Waals surface area contributed by atoms with Crippen molar-refractivity contribution in [1.29, 1.82) is 0 Å². The van der Waals surface area contributed by atoms with Gasteiger partial charge in [0.05, 0.1) is 19.0 Å². The zero-order valence-corrected chi connectivity index (χ0v) is 27.0. The number of amides is 3. The van der Waals surface area contributed by atoms with E-state index in [1.807, 2.05) is 0 Å². The molecular weight excluding hydrogens is 638 g/mol. The van der Waals surface area contributed by atoms with Crippen LogP contribution in [0.2, 0.25) is 0 Å². The number of Topliss-reactive ketones (excluding diaryl/α,β-unsaturated/α-hetero) is 2. The predicted molar refractivity (Wildman–Crippen MR) is 167 cm³/mol. The molecule has 0 spiro atoms. The summed E-state index contributed by atoms with van der Waals surface area (Å²) in [4.78, 5) is 109. The molecule has 48 heavy (non-hydrogen) atoms. The minimum absolute atomic E-state index is 0.0227. The zero-order valence-electron chi connectivity index (χ0n) is 27.0. The van der Waals surface area contributed by atoms with Crippen LogP contribution in [0.5, 0.6) is 0 Å². The molecule has 0 saturated heterocycles. The van der Waals surface area contributed by atoms with Gasteiger partial charge in [-0.25, -0.2) is 14.4 Å². The summed E-state index contributed by atoms with van der Waals surface area (Å²) >= 11 is 0. The van der Waals surface area contributed by atoms with Gasteiger partial charge in [-0.1, -0.05) is 19.6 Å². The molecule has 0 aliphatic heterocycles. The van der Waals surface area contributed by atoms with Gasteiger partial charge in [0.25, 0.3) is 0 Å². The van der Waals surface area contributed by atoms with Crippen molar-refractivity contribution in [2.45, 2.75) is 76.9 Å². The maximum absolute atomic E-state index is 12.9. The van der Waals surface area contributed by atoms with Gasteiger partial charge in [-0.3, -0.25) is 28.8 Å². The number of carbonyl (C=O) groups excluding carboxylic acids is 7. The van der Waals surface area contributed by atoms with E-state index in [-0.39, 0.29) is 24.0 Å². The fourth-order valence-electron chi connectivity index (χ4n) is 3.71. The first-order valence-electron chi connectivity index (χ1n) is 14.9. The molecule has 0 fully saturated rings. The van der Waals surface area contributed by atoms with Gasteiger partial charge in [0.1, 0.15) is 19.3 Å². The standard InChI is InChI=1S/C30H45N5O13/c1-16(2)29(45)47-14-20(32)27(42)34-21(12-25(39)40)23(37)8-9-24(38)33-13-19(36)11-18(7-5-6-10-31)26(41)35-22(28(43)44)15-48-30(46)17(3)4/h18,20-22H,1,3,5-15,31-32H2,2,4H3,(H,33,38)(H,34,42)(H,35,41)(H,39,40)(H,43,44)/t18-,20+,21+,22+/m1/s1. The number of hydrogen-bond donors (Lipinski definition) is 7. The molecule has 0 bridgehead atoms. The topological polar surface area (TPSA) is 301 Å². The van der Waals surface area contributed by atoms with E-state index in [4.69, 9.17) is 26.0 Å². The van der Waals surface area contributed by atoms with Crippen LogP contribution in [-0.4, -0.2) is 108 Å². The Kier molecular flexibility index (Phi) is 20.2. The van der Waals surface area contributed by atoms with Crippen LogP contribution in [0.25, 0.3) is 0 Å². The number of carbonyl (C=O) groups is 9. The third-order valence-corrected chi connectivity index (χ3v) is 6.44. The quantitative estimate of drug-likeness (QED) is 0.0319. The number of nitrogens with two attached hydrogens (primary N) is 2. The van der Waals surface area contributed by atoms with Gasteiger partial charge < -0.3 is 47.1 Å². The molecule has 4 atom stereocenters. The highest BCUT2D eigenvalue weighted by molar-refractivity contribution is 5.96. The van der Waals surface area contributed by atoms with E-state index in [9.17, 15) is 48.3 Å². The Bertz CT molecular complexity index is 1250. The number of carboxylic acid groups (broad SMARTS) is 2. The Balaban J connectivity index is 5.15. The Morgan fingerprint density at radius 3 is 1.85 bits per heavy atom. The molecule has 0 unspecified atom stereocenters. The Morgan fingerprint density at radius 2 is 1.33 bits per heavy atom. The summed E-state index contributed by atoms with van der Waals surface area (Å²) in [7, 11) is 0. The predicted octanol–water partition coefficient (Wildman–Crippen LogP) is -1.75. The molecule has 0 aliphatic carbocycles. The lowest BCUT2D eigenvalue weighted by atomic mass is 9.94. The van der Waals surface area contributed by atoms with E-state index in [1.165, 1.54) is 13.8 Å². The second-order valence-corrected chi connectivity index (χ2v) is 10.9. The summed E-state index contributed by atoms with van der Waals surface area (Å²) in [6.07, 6.45) is -1.11. The van der Waals surface area contributed by atoms with E-state index < -0.39 is 116 Å². The number of unbranched alkanes of at least 4 members (excludes halogenated alkanes) is 1. The smallest absolute Gasteiger partial charge is 0.333 e. The van der Waals surface area contributed by atoms with Crippen molar-refractivity contribution in [3.8, 4) is 0 Å². The molecule has 0 heterocycles. The second-order valence-electron chi connectivity index (χ2n) is 10.9. The van der Waals surface area contributed by atoms with Crippen molar-refractivity contribution in [3.05, 3.63) is 24.3 Å². The number of nitrogens with one attached hydrogen (secondary N) is 3. The van der Waals surface area contributed by atoms with Gasteiger partial charge in [0, 0.05) is 36.3 Å². The highest BCUT2D eigenvalue weighted by Crippen LogP contribution is 2.14. The maximum atomic E-state index is 12.9. The van der Waals surface area contributed by atoms with E-state index in [1.54, 1.807) is 0 Å². The fourth-order valence-corrected chi connectivity index (χ4v) is 3.71. The van der Waals surface area contributed by atoms with Crippen LogP contribution < -0.4 is 27.4 Å².